The lowest BCUT2D eigenvalue weighted by Crippen LogP contribution is -1.97. The van der Waals surface area contributed by atoms with E-state index in [0.717, 1.165) is 10.9 Å². The summed E-state index contributed by atoms with van der Waals surface area (Å²) in [6.07, 6.45) is 3.37. The van der Waals surface area contributed by atoms with E-state index in [1.165, 1.54) is 0 Å². The predicted octanol–water partition coefficient (Wildman–Crippen LogP) is 1.18. The molecule has 4 N–H and O–H groups in total. The number of aromatic nitrogens is 7. The van der Waals surface area contributed by atoms with Gasteiger partial charge in [0.2, 0.25) is 0 Å². The number of nitrogen functional groups attached to an aromatic ring is 1. The van der Waals surface area contributed by atoms with Crippen molar-refractivity contribution < 1.29 is 0 Å². The van der Waals surface area contributed by atoms with Crippen LogP contribution in [0.1, 0.15) is 5.56 Å². The molecule has 0 aliphatic carbocycles. The van der Waals surface area contributed by atoms with Crippen molar-refractivity contribution in [2.75, 3.05) is 5.73 Å². The van der Waals surface area contributed by atoms with Gasteiger partial charge in [0, 0.05) is 6.20 Å². The summed E-state index contributed by atoms with van der Waals surface area (Å²) in [5, 5.41) is 15.3. The Morgan fingerprint density at radius 3 is 2.90 bits per heavy atom. The highest BCUT2D eigenvalue weighted by molar-refractivity contribution is 5.92. The first-order valence-corrected chi connectivity index (χ1v) is 6.00. The SMILES string of the molecule is Cc1cnc2n[nH]c(-c3nc(N)c4cn[nH]c4n3)c2c1. The number of nitrogens with two attached hydrogens (primary N) is 1. The van der Waals surface area contributed by atoms with Crippen molar-refractivity contribution in [1.29, 1.82) is 0 Å². The number of hydrogen-bond acceptors (Lipinski definition) is 6. The summed E-state index contributed by atoms with van der Waals surface area (Å²) in [5.41, 5.74) is 8.87. The van der Waals surface area contributed by atoms with Crippen LogP contribution in [0.15, 0.2) is 18.5 Å². The van der Waals surface area contributed by atoms with E-state index in [9.17, 15) is 0 Å². The van der Waals surface area contributed by atoms with Gasteiger partial charge in [0.05, 0.1) is 17.0 Å². The lowest BCUT2D eigenvalue weighted by molar-refractivity contribution is 1.06. The molecular weight excluding hydrogens is 256 g/mol. The second kappa shape index (κ2) is 3.73. The van der Waals surface area contributed by atoms with Crippen LogP contribution in [0, 0.1) is 6.92 Å². The quantitative estimate of drug-likeness (QED) is 0.475. The highest BCUT2D eigenvalue weighted by Crippen LogP contribution is 2.25. The summed E-state index contributed by atoms with van der Waals surface area (Å²) in [7, 11) is 0. The molecule has 0 aliphatic rings. The van der Waals surface area contributed by atoms with Crippen molar-refractivity contribution in [3.63, 3.8) is 0 Å². The Morgan fingerprint density at radius 2 is 2.00 bits per heavy atom. The van der Waals surface area contributed by atoms with Crippen molar-refractivity contribution in [2.24, 2.45) is 0 Å². The van der Waals surface area contributed by atoms with E-state index in [4.69, 9.17) is 5.73 Å². The molecule has 8 nitrogen and oxygen atoms in total. The molecule has 0 fully saturated rings. The fourth-order valence-corrected chi connectivity index (χ4v) is 2.14. The smallest absolute Gasteiger partial charge is 0.182 e. The van der Waals surface area contributed by atoms with E-state index in [0.29, 0.717) is 34.0 Å². The van der Waals surface area contributed by atoms with Gasteiger partial charge in [-0.2, -0.15) is 10.2 Å². The fourth-order valence-electron chi connectivity index (χ4n) is 2.14. The minimum Gasteiger partial charge on any atom is -0.383 e. The number of rotatable bonds is 1. The second-order valence-corrected chi connectivity index (χ2v) is 4.55. The maximum atomic E-state index is 5.92. The zero-order chi connectivity index (χ0) is 13.7. The molecule has 4 rings (SSSR count). The van der Waals surface area contributed by atoms with Gasteiger partial charge in [-0.25, -0.2) is 15.0 Å². The van der Waals surface area contributed by atoms with Gasteiger partial charge in [-0.15, -0.1) is 0 Å². The van der Waals surface area contributed by atoms with Crippen LogP contribution in [-0.4, -0.2) is 35.3 Å². The maximum Gasteiger partial charge on any atom is 0.182 e. The number of nitrogens with zero attached hydrogens (tertiary/aromatic N) is 5. The number of hydrogen-bond donors (Lipinski definition) is 3. The van der Waals surface area contributed by atoms with Gasteiger partial charge in [0.1, 0.15) is 11.5 Å². The first kappa shape index (κ1) is 10.9. The monoisotopic (exact) mass is 266 g/mol. The Bertz CT molecular complexity index is 935. The Hall–Kier alpha value is -3.03. The van der Waals surface area contributed by atoms with Gasteiger partial charge in [-0.3, -0.25) is 10.2 Å². The average molecular weight is 266 g/mol. The fraction of sp³-hybridized carbons (Fsp3) is 0.0833. The first-order valence-electron chi connectivity index (χ1n) is 6.00. The Balaban J connectivity index is 2.03. The van der Waals surface area contributed by atoms with Crippen molar-refractivity contribution in [3.8, 4) is 11.5 Å². The minimum absolute atomic E-state index is 0.377. The number of aromatic amines is 2. The van der Waals surface area contributed by atoms with E-state index in [-0.39, 0.29) is 0 Å². The van der Waals surface area contributed by atoms with E-state index < -0.39 is 0 Å². The van der Waals surface area contributed by atoms with Crippen LogP contribution in [0.2, 0.25) is 0 Å². The Labute approximate surface area is 112 Å². The summed E-state index contributed by atoms with van der Waals surface area (Å²) in [4.78, 5) is 13.0. The highest BCUT2D eigenvalue weighted by atomic mass is 15.2. The molecule has 4 heterocycles. The lowest BCUT2D eigenvalue weighted by Gasteiger charge is -2.00. The standard InChI is InChI=1S/C12H10N8/c1-5-2-6-8(18-20-10(6)14-3-5)12-16-9(13)7-4-15-19-11(7)17-12/h2-4H,1H3,(H,14,18,20)(H3,13,15,16,17,19). The normalized spacial score (nSPS) is 11.4. The van der Waals surface area contributed by atoms with Crippen LogP contribution in [0.4, 0.5) is 5.82 Å². The van der Waals surface area contributed by atoms with Gasteiger partial charge in [0.25, 0.3) is 0 Å². The molecule has 0 bridgehead atoms. The van der Waals surface area contributed by atoms with Crippen LogP contribution in [-0.2, 0) is 0 Å². The molecule has 98 valence electrons. The van der Waals surface area contributed by atoms with Gasteiger partial charge in [-0.1, -0.05) is 0 Å². The van der Waals surface area contributed by atoms with Gasteiger partial charge in [-0.05, 0) is 18.6 Å². The highest BCUT2D eigenvalue weighted by Gasteiger charge is 2.14. The summed E-state index contributed by atoms with van der Waals surface area (Å²) < 4.78 is 0. The molecule has 8 heteroatoms. The second-order valence-electron chi connectivity index (χ2n) is 4.55. The number of aryl methyl sites for hydroxylation is 1. The van der Waals surface area contributed by atoms with E-state index in [2.05, 4.69) is 35.3 Å². The van der Waals surface area contributed by atoms with Gasteiger partial charge >= 0.3 is 0 Å². The molecule has 0 aliphatic heterocycles. The predicted molar refractivity (Wildman–Crippen MR) is 73.7 cm³/mol. The first-order chi connectivity index (χ1) is 9.72. The maximum absolute atomic E-state index is 5.92. The third-order valence-corrected chi connectivity index (χ3v) is 3.11. The molecular formula is C12H10N8. The molecule has 0 unspecified atom stereocenters. The third-order valence-electron chi connectivity index (χ3n) is 3.11. The molecule has 4 aromatic heterocycles. The number of anilines is 1. The topological polar surface area (TPSA) is 122 Å². The van der Waals surface area contributed by atoms with Crippen LogP contribution in [0.3, 0.4) is 0 Å². The summed E-state index contributed by atoms with van der Waals surface area (Å²) in [6, 6.07) is 1.98. The largest absolute Gasteiger partial charge is 0.383 e. The summed E-state index contributed by atoms with van der Waals surface area (Å²) >= 11 is 0. The lowest BCUT2D eigenvalue weighted by atomic mass is 10.2. The molecule has 0 saturated heterocycles. The molecule has 20 heavy (non-hydrogen) atoms. The molecule has 4 aromatic rings. The number of H-pyrrole nitrogens is 2. The molecule has 0 radical (unpaired) electrons. The number of pyridine rings is 1. The van der Waals surface area contributed by atoms with Crippen LogP contribution < -0.4 is 5.73 Å². The van der Waals surface area contributed by atoms with Crippen molar-refractivity contribution in [1.82, 2.24) is 35.3 Å². The van der Waals surface area contributed by atoms with Crippen LogP contribution in [0.5, 0.6) is 0 Å². The zero-order valence-electron chi connectivity index (χ0n) is 10.5. The Morgan fingerprint density at radius 1 is 1.10 bits per heavy atom. The molecule has 0 atom stereocenters. The summed E-state index contributed by atoms with van der Waals surface area (Å²) in [6.45, 7) is 1.97. The van der Waals surface area contributed by atoms with E-state index in [1.54, 1.807) is 12.4 Å². The number of nitrogens with one attached hydrogen (secondary N) is 2. The molecule has 0 amide bonds. The zero-order valence-corrected chi connectivity index (χ0v) is 10.5. The van der Waals surface area contributed by atoms with Crippen molar-refractivity contribution in [2.45, 2.75) is 6.92 Å². The van der Waals surface area contributed by atoms with Gasteiger partial charge < -0.3 is 5.73 Å². The average Bonchev–Trinajstić information content (AvgIpc) is 3.04. The molecule has 0 spiro atoms. The van der Waals surface area contributed by atoms with Crippen molar-refractivity contribution >= 4 is 27.9 Å². The van der Waals surface area contributed by atoms with Crippen molar-refractivity contribution in [3.05, 3.63) is 24.0 Å². The third kappa shape index (κ3) is 1.44. The molecule has 0 saturated carbocycles. The molecule has 0 aromatic carbocycles. The van der Waals surface area contributed by atoms with Crippen LogP contribution >= 0.6 is 0 Å². The van der Waals surface area contributed by atoms with Gasteiger partial charge in [0.15, 0.2) is 17.1 Å². The summed E-state index contributed by atoms with van der Waals surface area (Å²) in [5.74, 6) is 0.844. The Kier molecular flexibility index (Phi) is 2.02. The van der Waals surface area contributed by atoms with Crippen LogP contribution in [0.25, 0.3) is 33.6 Å². The number of fused-ring (bicyclic) bond motifs is 2. The van der Waals surface area contributed by atoms with E-state index >= 15 is 0 Å². The van der Waals surface area contributed by atoms with E-state index in [1.807, 2.05) is 13.0 Å². The minimum atomic E-state index is 0.377.